The van der Waals surface area contributed by atoms with E-state index in [0.29, 0.717) is 34.9 Å². The van der Waals surface area contributed by atoms with Gasteiger partial charge in [-0.25, -0.2) is 14.8 Å². The Kier molecular flexibility index (Phi) is 8.91. The summed E-state index contributed by atoms with van der Waals surface area (Å²) < 4.78 is 10.4. The molecule has 1 saturated heterocycles. The first-order chi connectivity index (χ1) is 14.9. The van der Waals surface area contributed by atoms with E-state index in [1.807, 2.05) is 12.1 Å². The molecule has 0 radical (unpaired) electrons. The molecule has 1 N–H and O–H groups in total. The SMILES string of the molecule is COC(=O)c1cnc(SCC(=O)NC[C@H]2CN(Cc3ccc(Cl)c(Cl)c3)CCO2)nc1. The summed E-state index contributed by atoms with van der Waals surface area (Å²) >= 11 is 13.3. The predicted molar refractivity (Wildman–Crippen MR) is 119 cm³/mol. The second-order valence-corrected chi connectivity index (χ2v) is 8.57. The number of nitrogens with zero attached hydrogens (tertiary/aromatic N) is 3. The molecule has 2 aromatic rings. The zero-order chi connectivity index (χ0) is 22.2. The Labute approximate surface area is 194 Å². The molecular formula is C20H22Cl2N4O4S. The van der Waals surface area contributed by atoms with Crippen LogP contribution < -0.4 is 5.32 Å². The van der Waals surface area contributed by atoms with Gasteiger partial charge in [-0.1, -0.05) is 41.0 Å². The molecule has 1 aromatic carbocycles. The molecule has 0 spiro atoms. The number of ether oxygens (including phenoxy) is 2. The number of hydrogen-bond donors (Lipinski definition) is 1. The molecule has 1 aliphatic rings. The van der Waals surface area contributed by atoms with Crippen molar-refractivity contribution in [1.82, 2.24) is 20.2 Å². The van der Waals surface area contributed by atoms with Gasteiger partial charge in [0.1, 0.15) is 0 Å². The first-order valence-electron chi connectivity index (χ1n) is 9.52. The molecule has 1 amide bonds. The molecule has 3 rings (SSSR count). The van der Waals surface area contributed by atoms with Crippen LogP contribution in [0.1, 0.15) is 15.9 Å². The molecule has 8 nitrogen and oxygen atoms in total. The maximum Gasteiger partial charge on any atom is 0.341 e. The fourth-order valence-corrected chi connectivity index (χ4v) is 3.90. The highest BCUT2D eigenvalue weighted by Gasteiger charge is 2.21. The Morgan fingerprint density at radius 3 is 2.77 bits per heavy atom. The smallest absolute Gasteiger partial charge is 0.341 e. The Hall–Kier alpha value is -1.91. The van der Waals surface area contributed by atoms with Crippen molar-refractivity contribution in [2.24, 2.45) is 0 Å². The van der Waals surface area contributed by atoms with Crippen molar-refractivity contribution in [3.63, 3.8) is 0 Å². The molecule has 0 saturated carbocycles. The molecular weight excluding hydrogens is 463 g/mol. The Morgan fingerprint density at radius 1 is 1.29 bits per heavy atom. The second-order valence-electron chi connectivity index (χ2n) is 6.82. The van der Waals surface area contributed by atoms with Crippen molar-refractivity contribution in [2.75, 3.05) is 39.1 Å². The van der Waals surface area contributed by atoms with Gasteiger partial charge in [0.2, 0.25) is 5.91 Å². The number of methoxy groups -OCH3 is 1. The van der Waals surface area contributed by atoms with Gasteiger partial charge >= 0.3 is 5.97 Å². The van der Waals surface area contributed by atoms with E-state index in [4.69, 9.17) is 27.9 Å². The molecule has 2 heterocycles. The monoisotopic (exact) mass is 484 g/mol. The number of carbonyl (C=O) groups excluding carboxylic acids is 2. The highest BCUT2D eigenvalue weighted by molar-refractivity contribution is 7.99. The van der Waals surface area contributed by atoms with E-state index in [1.54, 1.807) is 6.07 Å². The zero-order valence-electron chi connectivity index (χ0n) is 16.8. The molecule has 1 aliphatic heterocycles. The molecule has 31 heavy (non-hydrogen) atoms. The summed E-state index contributed by atoms with van der Waals surface area (Å²) in [4.78, 5) is 33.9. The first-order valence-corrected chi connectivity index (χ1v) is 11.3. The molecule has 166 valence electrons. The van der Waals surface area contributed by atoms with Gasteiger partial charge in [-0.15, -0.1) is 0 Å². The number of amides is 1. The van der Waals surface area contributed by atoms with Gasteiger partial charge in [-0.05, 0) is 17.7 Å². The zero-order valence-corrected chi connectivity index (χ0v) is 19.2. The summed E-state index contributed by atoms with van der Waals surface area (Å²) in [5.41, 5.74) is 1.34. The topological polar surface area (TPSA) is 93.6 Å². The molecule has 1 aromatic heterocycles. The number of esters is 1. The lowest BCUT2D eigenvalue weighted by Crippen LogP contribution is -2.47. The average Bonchev–Trinajstić information content (AvgIpc) is 2.79. The third kappa shape index (κ3) is 7.33. The van der Waals surface area contributed by atoms with Crippen molar-refractivity contribution >= 4 is 46.8 Å². The second kappa shape index (κ2) is 11.6. The summed E-state index contributed by atoms with van der Waals surface area (Å²) in [5, 5.41) is 4.37. The summed E-state index contributed by atoms with van der Waals surface area (Å²) in [6.07, 6.45) is 2.65. The molecule has 1 fully saturated rings. The van der Waals surface area contributed by atoms with E-state index in [-0.39, 0.29) is 23.3 Å². The fraction of sp³-hybridized carbons (Fsp3) is 0.400. The lowest BCUT2D eigenvalue weighted by atomic mass is 10.2. The van der Waals surface area contributed by atoms with E-state index in [0.717, 1.165) is 18.7 Å². The van der Waals surface area contributed by atoms with E-state index >= 15 is 0 Å². The van der Waals surface area contributed by atoms with Crippen LogP contribution >= 0.6 is 35.0 Å². The highest BCUT2D eigenvalue weighted by Crippen LogP contribution is 2.23. The molecule has 11 heteroatoms. The number of nitrogens with one attached hydrogen (secondary N) is 1. The number of thioether (sulfide) groups is 1. The summed E-state index contributed by atoms with van der Waals surface area (Å²) in [6, 6.07) is 5.62. The number of carbonyl (C=O) groups is 2. The van der Waals surface area contributed by atoms with Crippen molar-refractivity contribution in [1.29, 1.82) is 0 Å². The van der Waals surface area contributed by atoms with Gasteiger partial charge in [0, 0.05) is 38.6 Å². The van der Waals surface area contributed by atoms with Crippen LogP contribution in [0.25, 0.3) is 0 Å². The molecule has 0 bridgehead atoms. The summed E-state index contributed by atoms with van der Waals surface area (Å²) in [6.45, 7) is 3.25. The largest absolute Gasteiger partial charge is 0.465 e. The van der Waals surface area contributed by atoms with Crippen LogP contribution in [0.5, 0.6) is 0 Å². The number of rotatable bonds is 8. The highest BCUT2D eigenvalue weighted by atomic mass is 35.5. The van der Waals surface area contributed by atoms with Crippen molar-refractivity contribution in [3.8, 4) is 0 Å². The number of morpholine rings is 1. The van der Waals surface area contributed by atoms with Crippen molar-refractivity contribution < 1.29 is 19.1 Å². The van der Waals surface area contributed by atoms with E-state index in [9.17, 15) is 9.59 Å². The minimum absolute atomic E-state index is 0.0962. The van der Waals surface area contributed by atoms with Crippen LogP contribution in [0.2, 0.25) is 10.0 Å². The average molecular weight is 485 g/mol. The quantitative estimate of drug-likeness (QED) is 0.347. The van der Waals surface area contributed by atoms with Crippen LogP contribution in [-0.2, 0) is 20.8 Å². The number of benzene rings is 1. The standard InChI is InChI=1S/C20H22Cl2N4O4S/c1-29-19(28)14-7-24-20(25-8-14)31-12-18(27)23-9-15-11-26(4-5-30-15)10-13-2-3-16(21)17(22)6-13/h2-3,6-8,15H,4-5,9-12H2,1H3,(H,23,27)/t15-/m0/s1. The number of hydrogen-bond acceptors (Lipinski definition) is 8. The molecule has 1 atom stereocenters. The van der Waals surface area contributed by atoms with Gasteiger partial charge in [-0.3, -0.25) is 9.69 Å². The summed E-state index contributed by atoms with van der Waals surface area (Å²) in [7, 11) is 1.29. The molecule has 0 aliphatic carbocycles. The Balaban J connectivity index is 1.40. The minimum Gasteiger partial charge on any atom is -0.465 e. The molecule has 0 unspecified atom stereocenters. The van der Waals surface area contributed by atoms with E-state index in [2.05, 4.69) is 24.9 Å². The lowest BCUT2D eigenvalue weighted by Gasteiger charge is -2.33. The van der Waals surface area contributed by atoms with Crippen LogP contribution in [0, 0.1) is 0 Å². The maximum atomic E-state index is 12.2. The third-order valence-electron chi connectivity index (χ3n) is 4.52. The Morgan fingerprint density at radius 2 is 2.06 bits per heavy atom. The van der Waals surface area contributed by atoms with E-state index < -0.39 is 5.97 Å². The van der Waals surface area contributed by atoms with Crippen LogP contribution in [0.15, 0.2) is 35.7 Å². The number of halogens is 2. The van der Waals surface area contributed by atoms with Gasteiger partial charge in [0.25, 0.3) is 0 Å². The van der Waals surface area contributed by atoms with Crippen LogP contribution in [-0.4, -0.2) is 72.0 Å². The van der Waals surface area contributed by atoms with Gasteiger partial charge < -0.3 is 14.8 Å². The minimum atomic E-state index is -0.505. The summed E-state index contributed by atoms with van der Waals surface area (Å²) in [5.74, 6) is -0.483. The van der Waals surface area contributed by atoms with Crippen molar-refractivity contribution in [3.05, 3.63) is 51.8 Å². The normalized spacial score (nSPS) is 16.7. The van der Waals surface area contributed by atoms with Crippen LogP contribution in [0.4, 0.5) is 0 Å². The van der Waals surface area contributed by atoms with Gasteiger partial charge in [0.15, 0.2) is 5.16 Å². The Bertz CT molecular complexity index is 917. The van der Waals surface area contributed by atoms with Crippen molar-refractivity contribution in [2.45, 2.75) is 17.8 Å². The van der Waals surface area contributed by atoms with E-state index in [1.165, 1.54) is 31.3 Å². The lowest BCUT2D eigenvalue weighted by molar-refractivity contribution is -0.119. The van der Waals surface area contributed by atoms with Gasteiger partial charge in [0.05, 0.1) is 41.2 Å². The number of aromatic nitrogens is 2. The maximum absolute atomic E-state index is 12.2. The van der Waals surface area contributed by atoms with Gasteiger partial charge in [-0.2, -0.15) is 0 Å². The predicted octanol–water partition coefficient (Wildman–Crippen LogP) is 2.68. The fourth-order valence-electron chi connectivity index (χ4n) is 2.97. The van der Waals surface area contributed by atoms with Crippen LogP contribution in [0.3, 0.4) is 0 Å². The first kappa shape index (κ1) is 23.7. The third-order valence-corrected chi connectivity index (χ3v) is 6.14.